The van der Waals surface area contributed by atoms with E-state index in [-0.39, 0.29) is 46.1 Å². The van der Waals surface area contributed by atoms with Gasteiger partial charge in [0.15, 0.2) is 16.9 Å². The number of carbonyl (C=O) groups excluding carboxylic acids is 1. The quantitative estimate of drug-likeness (QED) is 0.134. The van der Waals surface area contributed by atoms with Crippen LogP contribution in [0.1, 0.15) is 34.6 Å². The molecule has 216 valence electrons. The van der Waals surface area contributed by atoms with Gasteiger partial charge in [-0.05, 0) is 53.1 Å². The Kier molecular flexibility index (Phi) is 6.42. The zero-order valence-electron chi connectivity index (χ0n) is 22.8. The highest BCUT2D eigenvalue weighted by molar-refractivity contribution is 5.93. The molecule has 9 nitrogen and oxygen atoms in total. The maximum absolute atomic E-state index is 13.2. The van der Waals surface area contributed by atoms with Crippen molar-refractivity contribution < 1.29 is 38.7 Å². The number of carbonyl (C=O) groups is 1. The maximum Gasteiger partial charge on any atom is 0.312 e. The van der Waals surface area contributed by atoms with Crippen LogP contribution >= 0.6 is 0 Å². The van der Waals surface area contributed by atoms with E-state index in [1.54, 1.807) is 0 Å². The van der Waals surface area contributed by atoms with Gasteiger partial charge in [0.05, 0.1) is 19.6 Å². The SMILES string of the molecule is O=C1C[C@@H](c2ccc(OCCc3ccc4c(c3)CCO4)cc2)c2c(cc(O)c3c(=O)cc(-c4ccc(O)c(O)c4)oc23)O1. The van der Waals surface area contributed by atoms with E-state index >= 15 is 0 Å². The number of phenols is 3. The highest BCUT2D eigenvalue weighted by Crippen LogP contribution is 2.46. The van der Waals surface area contributed by atoms with E-state index < -0.39 is 17.3 Å². The van der Waals surface area contributed by atoms with Crippen molar-refractivity contribution in [3.8, 4) is 45.8 Å². The molecule has 3 N–H and O–H groups in total. The Balaban J connectivity index is 1.20. The molecule has 2 aliphatic heterocycles. The van der Waals surface area contributed by atoms with Crippen molar-refractivity contribution in [2.75, 3.05) is 13.2 Å². The second-order valence-corrected chi connectivity index (χ2v) is 10.6. The summed E-state index contributed by atoms with van der Waals surface area (Å²) in [5.74, 6) is -0.275. The summed E-state index contributed by atoms with van der Waals surface area (Å²) in [5, 5.41) is 30.3. The summed E-state index contributed by atoms with van der Waals surface area (Å²) in [7, 11) is 0. The topological polar surface area (TPSA) is 136 Å². The number of hydrogen-bond acceptors (Lipinski definition) is 9. The van der Waals surface area contributed by atoms with Gasteiger partial charge in [0, 0.05) is 42.0 Å². The lowest BCUT2D eigenvalue weighted by Crippen LogP contribution is -2.22. The van der Waals surface area contributed by atoms with Crippen LogP contribution in [0, 0.1) is 0 Å². The number of benzene rings is 4. The molecule has 4 aromatic carbocycles. The highest BCUT2D eigenvalue weighted by atomic mass is 16.5. The summed E-state index contributed by atoms with van der Waals surface area (Å²) in [4.78, 5) is 25.8. The molecule has 1 aromatic heterocycles. The lowest BCUT2D eigenvalue weighted by molar-refractivity contribution is -0.135. The molecule has 0 saturated heterocycles. The Morgan fingerprint density at radius 3 is 2.49 bits per heavy atom. The van der Waals surface area contributed by atoms with Crippen LogP contribution in [0.2, 0.25) is 0 Å². The molecular weight excluding hydrogens is 552 g/mol. The average molecular weight is 579 g/mol. The normalized spacial score (nSPS) is 15.4. The van der Waals surface area contributed by atoms with Crippen molar-refractivity contribution >= 4 is 16.9 Å². The van der Waals surface area contributed by atoms with Crippen LogP contribution in [-0.2, 0) is 17.6 Å². The third-order valence-electron chi connectivity index (χ3n) is 7.88. The molecule has 0 unspecified atom stereocenters. The fourth-order valence-corrected chi connectivity index (χ4v) is 5.74. The molecule has 5 aromatic rings. The van der Waals surface area contributed by atoms with Crippen LogP contribution in [0.4, 0.5) is 0 Å². The molecule has 1 atom stereocenters. The zero-order chi connectivity index (χ0) is 29.7. The monoisotopic (exact) mass is 578 g/mol. The molecule has 7 rings (SSSR count). The molecule has 0 bridgehead atoms. The van der Waals surface area contributed by atoms with Crippen molar-refractivity contribution in [1.29, 1.82) is 0 Å². The maximum atomic E-state index is 13.2. The molecule has 0 amide bonds. The Hall–Kier alpha value is -5.44. The van der Waals surface area contributed by atoms with E-state index in [2.05, 4.69) is 6.07 Å². The molecule has 9 heteroatoms. The summed E-state index contributed by atoms with van der Waals surface area (Å²) < 4.78 is 23.2. The lowest BCUT2D eigenvalue weighted by atomic mass is 9.85. The minimum atomic E-state index is -0.534. The first-order chi connectivity index (χ1) is 20.8. The van der Waals surface area contributed by atoms with Crippen LogP contribution in [0.15, 0.2) is 82.0 Å². The van der Waals surface area contributed by atoms with E-state index in [0.29, 0.717) is 23.5 Å². The predicted octanol–water partition coefficient (Wildman–Crippen LogP) is 5.57. The van der Waals surface area contributed by atoms with Crippen molar-refractivity contribution in [3.63, 3.8) is 0 Å². The van der Waals surface area contributed by atoms with Gasteiger partial charge in [-0.25, -0.2) is 0 Å². The van der Waals surface area contributed by atoms with E-state index in [0.717, 1.165) is 30.8 Å². The van der Waals surface area contributed by atoms with Crippen molar-refractivity contribution in [2.24, 2.45) is 0 Å². The molecule has 0 saturated carbocycles. The van der Waals surface area contributed by atoms with Crippen molar-refractivity contribution in [1.82, 2.24) is 0 Å². The standard InChI is InChI=1S/C34H26O9/c35-24-7-4-20(14-25(24)36)29-16-26(37)33-27(38)17-30-32(34(33)43-29)23(15-31(39)42-30)19-2-5-22(6-3-19)40-11-9-18-1-8-28-21(13-18)10-12-41-28/h1-8,13-14,16-17,23,35-36,38H,9-12,15H2/t23-/m0/s1. The Labute approximate surface area is 245 Å². The predicted molar refractivity (Wildman–Crippen MR) is 156 cm³/mol. The van der Waals surface area contributed by atoms with Crippen LogP contribution in [-0.4, -0.2) is 34.5 Å². The van der Waals surface area contributed by atoms with Crippen molar-refractivity contribution in [3.05, 3.63) is 105 Å². The minimum Gasteiger partial charge on any atom is -0.507 e. The van der Waals surface area contributed by atoms with Gasteiger partial charge in [0.25, 0.3) is 0 Å². The first-order valence-corrected chi connectivity index (χ1v) is 13.9. The van der Waals surface area contributed by atoms with Crippen LogP contribution in [0.25, 0.3) is 22.3 Å². The van der Waals surface area contributed by atoms with Gasteiger partial charge in [-0.2, -0.15) is 0 Å². The van der Waals surface area contributed by atoms with Gasteiger partial charge in [0.1, 0.15) is 39.7 Å². The van der Waals surface area contributed by atoms with Crippen LogP contribution in [0.3, 0.4) is 0 Å². The third kappa shape index (κ3) is 4.88. The number of esters is 1. The molecule has 2 aliphatic rings. The molecule has 43 heavy (non-hydrogen) atoms. The molecule has 3 heterocycles. The van der Waals surface area contributed by atoms with Crippen LogP contribution < -0.4 is 19.6 Å². The average Bonchev–Trinajstić information content (AvgIpc) is 3.46. The van der Waals surface area contributed by atoms with E-state index in [1.165, 1.54) is 41.5 Å². The Morgan fingerprint density at radius 2 is 1.67 bits per heavy atom. The fourth-order valence-electron chi connectivity index (χ4n) is 5.74. The molecule has 0 aliphatic carbocycles. The van der Waals surface area contributed by atoms with Gasteiger partial charge in [-0.3, -0.25) is 9.59 Å². The largest absolute Gasteiger partial charge is 0.507 e. The molecular formula is C34H26O9. The first kappa shape index (κ1) is 26.5. The smallest absolute Gasteiger partial charge is 0.312 e. The zero-order valence-corrected chi connectivity index (χ0v) is 22.8. The van der Waals surface area contributed by atoms with E-state index in [9.17, 15) is 24.9 Å². The van der Waals surface area contributed by atoms with Gasteiger partial charge >= 0.3 is 5.97 Å². The van der Waals surface area contributed by atoms with E-state index in [4.69, 9.17) is 18.6 Å². The van der Waals surface area contributed by atoms with Crippen molar-refractivity contribution in [2.45, 2.75) is 25.2 Å². The molecule has 0 fully saturated rings. The van der Waals surface area contributed by atoms with Gasteiger partial charge in [0.2, 0.25) is 0 Å². The second-order valence-electron chi connectivity index (χ2n) is 10.6. The Bertz CT molecular complexity index is 1960. The van der Waals surface area contributed by atoms with Gasteiger partial charge in [-0.1, -0.05) is 24.3 Å². The number of phenolic OH excluding ortho intramolecular Hbond substituents is 3. The lowest BCUT2D eigenvalue weighted by Gasteiger charge is -2.26. The van der Waals surface area contributed by atoms with Crippen LogP contribution in [0.5, 0.6) is 34.5 Å². The first-order valence-electron chi connectivity index (χ1n) is 13.9. The molecule has 0 radical (unpaired) electrons. The van der Waals surface area contributed by atoms with Gasteiger partial charge in [-0.15, -0.1) is 0 Å². The summed E-state index contributed by atoms with van der Waals surface area (Å²) >= 11 is 0. The highest BCUT2D eigenvalue weighted by Gasteiger charge is 2.33. The Morgan fingerprint density at radius 1 is 0.837 bits per heavy atom. The number of aromatic hydroxyl groups is 3. The third-order valence-corrected chi connectivity index (χ3v) is 7.88. The molecule has 0 spiro atoms. The van der Waals surface area contributed by atoms with E-state index in [1.807, 2.05) is 36.4 Å². The van der Waals surface area contributed by atoms with Gasteiger partial charge < -0.3 is 33.9 Å². The summed E-state index contributed by atoms with van der Waals surface area (Å²) in [5.41, 5.74) is 3.51. The minimum absolute atomic E-state index is 0.0109. The number of fused-ring (bicyclic) bond motifs is 4. The number of rotatable bonds is 6. The number of hydrogen-bond donors (Lipinski definition) is 3. The summed E-state index contributed by atoms with van der Waals surface area (Å²) in [6.07, 6.45) is 1.65. The number of ether oxygens (including phenoxy) is 3. The second kappa shape index (κ2) is 10.4. The fraction of sp³-hybridized carbons (Fsp3) is 0.176. The summed E-state index contributed by atoms with van der Waals surface area (Å²) in [6.45, 7) is 1.21. The summed E-state index contributed by atoms with van der Waals surface area (Å²) in [6, 6.07) is 20.1.